The van der Waals surface area contributed by atoms with Crippen LogP contribution < -0.4 is 21.5 Å². The minimum absolute atomic E-state index is 0.532. The summed E-state index contributed by atoms with van der Waals surface area (Å²) in [7, 11) is 0. The molecule has 1 aliphatic heterocycles. The molecule has 2 aromatic heterocycles. The molecule has 0 saturated carbocycles. The summed E-state index contributed by atoms with van der Waals surface area (Å²) >= 11 is 0. The van der Waals surface area contributed by atoms with Crippen LogP contribution >= 0.6 is 0 Å². The molecule has 1 aliphatic rings. The van der Waals surface area contributed by atoms with Crippen molar-refractivity contribution in [2.24, 2.45) is 9.98 Å². The summed E-state index contributed by atoms with van der Waals surface area (Å²) < 4.78 is 0. The molecular weight excluding hydrogens is 462 g/mol. The minimum atomic E-state index is 0.532. The number of allylic oxidation sites excluding steroid dienone is 1. The standard InChI is InChI=1S/C28H29N9/c1-29-11-10-28(37-24-6-4-21(5-7-24)23-17-33-34-18-23)31-16-20-2-3-22-15-25(36-27(22)14-20)8-12-30-26-9-13-32-35-19-26/h2-7,9-11,13-15,17-19,30,32,35-36H,1,8,12,16H2,(H,31,37)(H,33,34)/b11-10-. The maximum absolute atomic E-state index is 4.78. The predicted molar refractivity (Wildman–Crippen MR) is 151 cm³/mol. The van der Waals surface area contributed by atoms with Gasteiger partial charge < -0.3 is 26.5 Å². The Labute approximate surface area is 215 Å². The number of aliphatic imine (C=N–C) groups is 2. The zero-order chi connectivity index (χ0) is 25.3. The smallest absolute Gasteiger partial charge is 0.127 e. The van der Waals surface area contributed by atoms with Gasteiger partial charge in [-0.2, -0.15) is 5.10 Å². The van der Waals surface area contributed by atoms with Gasteiger partial charge >= 0.3 is 0 Å². The number of benzene rings is 2. The molecule has 5 rings (SSSR count). The number of hydrogen-bond acceptors (Lipinski definition) is 6. The first-order valence-corrected chi connectivity index (χ1v) is 12.0. The number of nitrogens with zero attached hydrogens (tertiary/aromatic N) is 3. The molecular formula is C28H29N9. The number of fused-ring (bicyclic) bond motifs is 1. The van der Waals surface area contributed by atoms with Crippen LogP contribution in [-0.2, 0) is 13.0 Å². The third-order valence-electron chi connectivity index (χ3n) is 5.88. The van der Waals surface area contributed by atoms with E-state index < -0.39 is 0 Å². The summed E-state index contributed by atoms with van der Waals surface area (Å²) in [6, 6.07) is 16.7. The normalized spacial score (nSPS) is 13.3. The summed E-state index contributed by atoms with van der Waals surface area (Å²) in [5.74, 6) is 0.706. The Morgan fingerprint density at radius 2 is 1.97 bits per heavy atom. The van der Waals surface area contributed by atoms with Gasteiger partial charge in [-0.1, -0.05) is 24.3 Å². The van der Waals surface area contributed by atoms with E-state index in [4.69, 9.17) is 4.99 Å². The summed E-state index contributed by atoms with van der Waals surface area (Å²) in [4.78, 5) is 12.2. The molecule has 0 aliphatic carbocycles. The van der Waals surface area contributed by atoms with Crippen LogP contribution in [-0.4, -0.2) is 34.3 Å². The fraction of sp³-hybridized carbons (Fsp3) is 0.107. The van der Waals surface area contributed by atoms with Gasteiger partial charge in [0, 0.05) is 60.2 Å². The number of hydrogen-bond donors (Lipinski definition) is 6. The Bertz CT molecular complexity index is 1460. The number of H-pyrrole nitrogens is 2. The fourth-order valence-electron chi connectivity index (χ4n) is 4.00. The van der Waals surface area contributed by atoms with Crippen molar-refractivity contribution >= 4 is 29.1 Å². The van der Waals surface area contributed by atoms with Gasteiger partial charge in [-0.15, -0.1) is 0 Å². The molecule has 0 radical (unpaired) electrons. The van der Waals surface area contributed by atoms with E-state index in [2.05, 4.69) is 72.6 Å². The number of rotatable bonds is 10. The summed E-state index contributed by atoms with van der Waals surface area (Å²) in [5, 5.41) is 14.8. The second-order valence-corrected chi connectivity index (χ2v) is 8.50. The molecule has 0 atom stereocenters. The van der Waals surface area contributed by atoms with Crippen LogP contribution in [0, 0.1) is 0 Å². The third kappa shape index (κ3) is 6.34. The average molecular weight is 492 g/mol. The Morgan fingerprint density at radius 1 is 1.05 bits per heavy atom. The van der Waals surface area contributed by atoms with Crippen molar-refractivity contribution in [2.45, 2.75) is 13.0 Å². The highest BCUT2D eigenvalue weighted by Gasteiger charge is 2.05. The molecule has 2 aromatic carbocycles. The van der Waals surface area contributed by atoms with Gasteiger partial charge in [0.2, 0.25) is 0 Å². The van der Waals surface area contributed by atoms with E-state index in [0.29, 0.717) is 12.4 Å². The van der Waals surface area contributed by atoms with Crippen LogP contribution in [0.4, 0.5) is 5.69 Å². The molecule has 0 spiro atoms. The van der Waals surface area contributed by atoms with Gasteiger partial charge in [-0.25, -0.2) is 0 Å². The molecule has 4 aromatic rings. The van der Waals surface area contributed by atoms with Crippen LogP contribution in [0.3, 0.4) is 0 Å². The Balaban J connectivity index is 1.23. The van der Waals surface area contributed by atoms with Crippen molar-refractivity contribution in [3.8, 4) is 11.1 Å². The lowest BCUT2D eigenvalue weighted by Gasteiger charge is -2.11. The van der Waals surface area contributed by atoms with Crippen molar-refractivity contribution in [1.82, 2.24) is 31.3 Å². The lowest BCUT2D eigenvalue weighted by Crippen LogP contribution is -2.28. The maximum Gasteiger partial charge on any atom is 0.127 e. The highest BCUT2D eigenvalue weighted by atomic mass is 15.3. The summed E-state index contributed by atoms with van der Waals surface area (Å²) in [5.41, 5.74) is 13.4. The number of nitrogens with one attached hydrogen (secondary N) is 6. The molecule has 9 heteroatoms. The number of hydrazine groups is 1. The first-order chi connectivity index (χ1) is 18.3. The fourth-order valence-corrected chi connectivity index (χ4v) is 4.00. The number of anilines is 1. The quantitative estimate of drug-likeness (QED) is 0.145. The van der Waals surface area contributed by atoms with Gasteiger partial charge in [-0.3, -0.25) is 15.1 Å². The molecule has 3 heterocycles. The molecule has 0 fully saturated rings. The van der Waals surface area contributed by atoms with Crippen molar-refractivity contribution in [2.75, 3.05) is 11.9 Å². The third-order valence-corrected chi connectivity index (χ3v) is 5.88. The zero-order valence-corrected chi connectivity index (χ0v) is 20.3. The van der Waals surface area contributed by atoms with Crippen molar-refractivity contribution in [3.05, 3.63) is 109 Å². The van der Waals surface area contributed by atoms with E-state index in [0.717, 1.165) is 46.6 Å². The largest absolute Gasteiger partial charge is 0.383 e. The van der Waals surface area contributed by atoms with Crippen LogP contribution in [0.1, 0.15) is 11.3 Å². The van der Waals surface area contributed by atoms with E-state index in [1.807, 2.05) is 55.0 Å². The SMILES string of the molecule is C=N/C=C\C(=NCc1ccc2cc(CCNC3=CNNC=C3)[nH]c2c1)Nc1ccc(-c2cn[nH]c2)cc1. The zero-order valence-electron chi connectivity index (χ0n) is 20.3. The number of aromatic amines is 2. The van der Waals surface area contributed by atoms with E-state index in [1.165, 1.54) is 11.1 Å². The first-order valence-electron chi connectivity index (χ1n) is 12.0. The van der Waals surface area contributed by atoms with Gasteiger partial charge in [0.25, 0.3) is 0 Å². The second-order valence-electron chi connectivity index (χ2n) is 8.50. The topological polar surface area (TPSA) is 117 Å². The van der Waals surface area contributed by atoms with Crippen molar-refractivity contribution in [1.29, 1.82) is 0 Å². The Hall–Kier alpha value is -5.05. The predicted octanol–water partition coefficient (Wildman–Crippen LogP) is 4.38. The molecule has 0 unspecified atom stereocenters. The Morgan fingerprint density at radius 3 is 2.76 bits per heavy atom. The van der Waals surface area contributed by atoms with Gasteiger partial charge in [0.05, 0.1) is 18.4 Å². The monoisotopic (exact) mass is 491 g/mol. The van der Waals surface area contributed by atoms with Crippen LogP contribution in [0.15, 0.2) is 107 Å². The molecule has 0 saturated heterocycles. The van der Waals surface area contributed by atoms with Crippen LogP contribution in [0.25, 0.3) is 22.0 Å². The van der Waals surface area contributed by atoms with E-state index in [-0.39, 0.29) is 0 Å². The summed E-state index contributed by atoms with van der Waals surface area (Å²) in [6.07, 6.45) is 13.8. The summed E-state index contributed by atoms with van der Waals surface area (Å²) in [6.45, 7) is 4.90. The van der Waals surface area contributed by atoms with Gasteiger partial charge in [-0.05, 0) is 59.6 Å². The highest BCUT2D eigenvalue weighted by molar-refractivity contribution is 6.03. The molecule has 9 nitrogen and oxygen atoms in total. The molecule has 0 amide bonds. The van der Waals surface area contributed by atoms with Gasteiger partial charge in [0.15, 0.2) is 0 Å². The minimum Gasteiger partial charge on any atom is -0.383 e. The average Bonchev–Trinajstić information content (AvgIpc) is 3.61. The highest BCUT2D eigenvalue weighted by Crippen LogP contribution is 2.21. The number of amidine groups is 1. The van der Waals surface area contributed by atoms with E-state index in [1.54, 1.807) is 12.4 Å². The number of aromatic nitrogens is 3. The molecule has 6 N–H and O–H groups in total. The Kier molecular flexibility index (Phi) is 7.42. The molecule has 186 valence electrons. The molecule has 37 heavy (non-hydrogen) atoms. The van der Waals surface area contributed by atoms with Crippen molar-refractivity contribution < 1.29 is 0 Å². The lowest BCUT2D eigenvalue weighted by atomic mass is 10.1. The van der Waals surface area contributed by atoms with Gasteiger partial charge in [0.1, 0.15) is 5.84 Å². The molecule has 0 bridgehead atoms. The van der Waals surface area contributed by atoms with Crippen molar-refractivity contribution in [3.63, 3.8) is 0 Å². The van der Waals surface area contributed by atoms with E-state index >= 15 is 0 Å². The lowest BCUT2D eigenvalue weighted by molar-refractivity contribution is 0.718. The van der Waals surface area contributed by atoms with Crippen LogP contribution in [0.2, 0.25) is 0 Å². The maximum atomic E-state index is 4.78. The van der Waals surface area contributed by atoms with Crippen LogP contribution in [0.5, 0.6) is 0 Å². The first kappa shape index (κ1) is 23.7. The van der Waals surface area contributed by atoms with E-state index in [9.17, 15) is 0 Å². The second kappa shape index (κ2) is 11.6.